The summed E-state index contributed by atoms with van der Waals surface area (Å²) in [4.78, 5) is 25.2. The van der Waals surface area contributed by atoms with Gasteiger partial charge < -0.3 is 10.0 Å². The molecule has 1 fully saturated rings. The lowest BCUT2D eigenvalue weighted by Crippen LogP contribution is -2.42. The minimum absolute atomic E-state index is 0.0967. The number of carbonyl (C=O) groups is 2. The van der Waals surface area contributed by atoms with E-state index in [1.54, 1.807) is 4.90 Å². The number of piperidine rings is 1. The summed E-state index contributed by atoms with van der Waals surface area (Å²) in [5, 5.41) is 8.98. The molecular weight excluding hydrogens is 254 g/mol. The van der Waals surface area contributed by atoms with E-state index in [4.69, 9.17) is 5.11 Å². The lowest BCUT2D eigenvalue weighted by Gasteiger charge is -2.32. The van der Waals surface area contributed by atoms with Crippen molar-refractivity contribution in [2.75, 3.05) is 13.1 Å². The van der Waals surface area contributed by atoms with Crippen LogP contribution in [0.5, 0.6) is 0 Å². The SMILES string of the molecule is Cc1cccc([C@H](C)C(=O)N2CCC(C(=O)O)CC2)c1. The standard InChI is InChI=1S/C16H21NO3/c1-11-4-3-5-14(10-11)12(2)15(18)17-8-6-13(7-9-17)16(19)20/h3-5,10,12-13H,6-9H2,1-2H3,(H,19,20)/t12-/m0/s1. The fraction of sp³-hybridized carbons (Fsp3) is 0.500. The average Bonchev–Trinajstić information content (AvgIpc) is 2.46. The minimum atomic E-state index is -0.746. The quantitative estimate of drug-likeness (QED) is 0.921. The van der Waals surface area contributed by atoms with Crippen molar-refractivity contribution in [3.8, 4) is 0 Å². The van der Waals surface area contributed by atoms with Gasteiger partial charge in [0.2, 0.25) is 5.91 Å². The number of carbonyl (C=O) groups excluding carboxylic acids is 1. The van der Waals surface area contributed by atoms with E-state index in [-0.39, 0.29) is 17.7 Å². The molecule has 0 bridgehead atoms. The molecule has 0 spiro atoms. The zero-order valence-electron chi connectivity index (χ0n) is 12.0. The second-order valence-electron chi connectivity index (χ2n) is 5.57. The Balaban J connectivity index is 2.00. The van der Waals surface area contributed by atoms with Gasteiger partial charge in [-0.05, 0) is 32.3 Å². The molecule has 1 aromatic carbocycles. The molecule has 0 unspecified atom stereocenters. The zero-order valence-corrected chi connectivity index (χ0v) is 12.0. The third kappa shape index (κ3) is 3.18. The summed E-state index contributed by atoms with van der Waals surface area (Å²) in [7, 11) is 0. The highest BCUT2D eigenvalue weighted by atomic mass is 16.4. The van der Waals surface area contributed by atoms with Crippen LogP contribution in [-0.2, 0) is 9.59 Å². The Bertz CT molecular complexity index is 504. The van der Waals surface area contributed by atoms with Crippen molar-refractivity contribution in [1.82, 2.24) is 4.90 Å². The molecule has 0 saturated carbocycles. The number of likely N-dealkylation sites (tertiary alicyclic amines) is 1. The fourth-order valence-electron chi connectivity index (χ4n) is 2.70. The van der Waals surface area contributed by atoms with Crippen LogP contribution in [0.3, 0.4) is 0 Å². The van der Waals surface area contributed by atoms with Crippen LogP contribution in [0.15, 0.2) is 24.3 Å². The first-order valence-corrected chi connectivity index (χ1v) is 7.07. The topological polar surface area (TPSA) is 57.6 Å². The average molecular weight is 275 g/mol. The highest BCUT2D eigenvalue weighted by Crippen LogP contribution is 2.23. The van der Waals surface area contributed by atoms with E-state index in [9.17, 15) is 9.59 Å². The van der Waals surface area contributed by atoms with E-state index in [1.807, 2.05) is 38.1 Å². The monoisotopic (exact) mass is 275 g/mol. The fourth-order valence-corrected chi connectivity index (χ4v) is 2.70. The van der Waals surface area contributed by atoms with Crippen LogP contribution in [0.25, 0.3) is 0 Å². The van der Waals surface area contributed by atoms with Crippen LogP contribution in [0.4, 0.5) is 0 Å². The molecule has 1 aliphatic rings. The Kier molecular flexibility index (Phi) is 4.42. The Hall–Kier alpha value is -1.84. The normalized spacial score (nSPS) is 17.8. The summed E-state index contributed by atoms with van der Waals surface area (Å²) in [6.07, 6.45) is 1.11. The molecular formula is C16H21NO3. The van der Waals surface area contributed by atoms with Crippen LogP contribution in [0, 0.1) is 12.8 Å². The molecule has 0 radical (unpaired) electrons. The lowest BCUT2D eigenvalue weighted by atomic mass is 9.94. The molecule has 1 heterocycles. The second-order valence-corrected chi connectivity index (χ2v) is 5.57. The predicted molar refractivity (Wildman–Crippen MR) is 76.5 cm³/mol. The summed E-state index contributed by atoms with van der Waals surface area (Å²) < 4.78 is 0. The van der Waals surface area contributed by atoms with Crippen LogP contribution in [-0.4, -0.2) is 35.0 Å². The van der Waals surface area contributed by atoms with E-state index in [0.717, 1.165) is 11.1 Å². The van der Waals surface area contributed by atoms with Gasteiger partial charge in [-0.2, -0.15) is 0 Å². The summed E-state index contributed by atoms with van der Waals surface area (Å²) in [5.74, 6) is -1.12. The number of carboxylic acids is 1. The molecule has 0 aliphatic carbocycles. The molecule has 1 aliphatic heterocycles. The number of nitrogens with zero attached hydrogens (tertiary/aromatic N) is 1. The number of hydrogen-bond acceptors (Lipinski definition) is 2. The molecule has 20 heavy (non-hydrogen) atoms. The maximum atomic E-state index is 12.5. The van der Waals surface area contributed by atoms with Gasteiger partial charge in [0.05, 0.1) is 11.8 Å². The smallest absolute Gasteiger partial charge is 0.306 e. The summed E-state index contributed by atoms with van der Waals surface area (Å²) in [5.41, 5.74) is 2.17. The van der Waals surface area contributed by atoms with Crippen molar-refractivity contribution >= 4 is 11.9 Å². The number of rotatable bonds is 3. The molecule has 1 saturated heterocycles. The maximum absolute atomic E-state index is 12.5. The summed E-state index contributed by atoms with van der Waals surface area (Å²) in [6, 6.07) is 7.98. The van der Waals surface area contributed by atoms with Crippen molar-refractivity contribution in [3.63, 3.8) is 0 Å². The highest BCUT2D eigenvalue weighted by molar-refractivity contribution is 5.83. The molecule has 4 nitrogen and oxygen atoms in total. The molecule has 1 amide bonds. The molecule has 2 rings (SSSR count). The van der Waals surface area contributed by atoms with Gasteiger partial charge in [-0.15, -0.1) is 0 Å². The summed E-state index contributed by atoms with van der Waals surface area (Å²) in [6.45, 7) is 5.03. The highest BCUT2D eigenvalue weighted by Gasteiger charge is 2.29. The number of carboxylic acid groups (broad SMARTS) is 1. The van der Waals surface area contributed by atoms with Gasteiger partial charge in [0.25, 0.3) is 0 Å². The van der Waals surface area contributed by atoms with E-state index < -0.39 is 5.97 Å². The van der Waals surface area contributed by atoms with Crippen LogP contribution >= 0.6 is 0 Å². The number of aryl methyl sites for hydroxylation is 1. The van der Waals surface area contributed by atoms with Crippen LogP contribution in [0.2, 0.25) is 0 Å². The number of amides is 1. The number of benzene rings is 1. The Morgan fingerprint density at radius 2 is 1.95 bits per heavy atom. The predicted octanol–water partition coefficient (Wildman–Crippen LogP) is 2.42. The maximum Gasteiger partial charge on any atom is 0.306 e. The minimum Gasteiger partial charge on any atom is -0.481 e. The third-order valence-electron chi connectivity index (χ3n) is 4.07. The van der Waals surface area contributed by atoms with E-state index in [2.05, 4.69) is 0 Å². The van der Waals surface area contributed by atoms with E-state index in [0.29, 0.717) is 25.9 Å². The second kappa shape index (κ2) is 6.07. The zero-order chi connectivity index (χ0) is 14.7. The molecule has 1 atom stereocenters. The first-order valence-electron chi connectivity index (χ1n) is 7.07. The van der Waals surface area contributed by atoms with Crippen molar-refractivity contribution in [2.45, 2.75) is 32.6 Å². The van der Waals surface area contributed by atoms with Gasteiger partial charge in [-0.25, -0.2) is 0 Å². The molecule has 108 valence electrons. The first-order chi connectivity index (χ1) is 9.49. The van der Waals surface area contributed by atoms with Gasteiger partial charge in [0.15, 0.2) is 0 Å². The third-order valence-corrected chi connectivity index (χ3v) is 4.07. The van der Waals surface area contributed by atoms with E-state index >= 15 is 0 Å². The Morgan fingerprint density at radius 3 is 2.50 bits per heavy atom. The van der Waals surface area contributed by atoms with Gasteiger partial charge in [0.1, 0.15) is 0 Å². The van der Waals surface area contributed by atoms with Gasteiger partial charge >= 0.3 is 5.97 Å². The largest absolute Gasteiger partial charge is 0.481 e. The van der Waals surface area contributed by atoms with Crippen molar-refractivity contribution < 1.29 is 14.7 Å². The van der Waals surface area contributed by atoms with Crippen molar-refractivity contribution in [1.29, 1.82) is 0 Å². The van der Waals surface area contributed by atoms with Crippen LogP contribution in [0.1, 0.15) is 36.8 Å². The first kappa shape index (κ1) is 14.6. The lowest BCUT2D eigenvalue weighted by molar-refractivity contribution is -0.146. The van der Waals surface area contributed by atoms with Gasteiger partial charge in [0, 0.05) is 13.1 Å². The Morgan fingerprint density at radius 1 is 1.30 bits per heavy atom. The van der Waals surface area contributed by atoms with Crippen molar-refractivity contribution in [3.05, 3.63) is 35.4 Å². The molecule has 4 heteroatoms. The molecule has 1 aromatic rings. The van der Waals surface area contributed by atoms with Crippen LogP contribution < -0.4 is 0 Å². The molecule has 0 aromatic heterocycles. The van der Waals surface area contributed by atoms with Crippen molar-refractivity contribution in [2.24, 2.45) is 5.92 Å². The van der Waals surface area contributed by atoms with Gasteiger partial charge in [-0.3, -0.25) is 9.59 Å². The summed E-state index contributed by atoms with van der Waals surface area (Å²) >= 11 is 0. The van der Waals surface area contributed by atoms with E-state index in [1.165, 1.54) is 0 Å². The van der Waals surface area contributed by atoms with Gasteiger partial charge in [-0.1, -0.05) is 29.8 Å². The number of hydrogen-bond donors (Lipinski definition) is 1. The molecule has 1 N–H and O–H groups in total. The Labute approximate surface area is 119 Å². The number of aliphatic carboxylic acids is 1.